The molecule has 0 bridgehead atoms. The van der Waals surface area contributed by atoms with Gasteiger partial charge in [0.2, 0.25) is 15.9 Å². The zero-order valence-electron chi connectivity index (χ0n) is 16.3. The van der Waals surface area contributed by atoms with Crippen LogP contribution in [0.5, 0.6) is 5.75 Å². The van der Waals surface area contributed by atoms with E-state index in [1.54, 1.807) is 19.2 Å². The first kappa shape index (κ1) is 21.7. The number of nitrogens with one attached hydrogen (secondary N) is 1. The molecule has 0 aliphatic carbocycles. The van der Waals surface area contributed by atoms with Gasteiger partial charge in [-0.1, -0.05) is 31.2 Å². The first-order chi connectivity index (χ1) is 13.2. The van der Waals surface area contributed by atoms with E-state index in [0.29, 0.717) is 12.2 Å². The average molecular weight is 408 g/mol. The van der Waals surface area contributed by atoms with Crippen LogP contribution in [0.2, 0.25) is 0 Å². The lowest BCUT2D eigenvalue weighted by Gasteiger charge is -2.30. The summed E-state index contributed by atoms with van der Waals surface area (Å²) >= 11 is 0. The smallest absolute Gasteiger partial charge is 0.244 e. The first-order valence-corrected chi connectivity index (χ1v) is 10.7. The third-order valence-electron chi connectivity index (χ3n) is 4.42. The maximum absolute atomic E-state index is 14.2. The highest BCUT2D eigenvalue weighted by Gasteiger charge is 2.31. The molecule has 152 valence electrons. The highest BCUT2D eigenvalue weighted by atomic mass is 32.2. The lowest BCUT2D eigenvalue weighted by atomic mass is 10.0. The number of methoxy groups -OCH3 is 1. The summed E-state index contributed by atoms with van der Waals surface area (Å²) in [5.74, 6) is -0.535. The number of anilines is 1. The molecule has 0 radical (unpaired) electrons. The van der Waals surface area contributed by atoms with Crippen LogP contribution in [0, 0.1) is 5.82 Å². The molecule has 0 heterocycles. The van der Waals surface area contributed by atoms with E-state index in [4.69, 9.17) is 4.74 Å². The number of ether oxygens (including phenoxy) is 1. The second kappa shape index (κ2) is 9.05. The summed E-state index contributed by atoms with van der Waals surface area (Å²) < 4.78 is 44.7. The maximum atomic E-state index is 14.2. The SMILES string of the molecule is CC[C@H](NC(=O)[C@H](C)N(c1ccccc1F)S(C)(=O)=O)c1ccc(OC)cc1. The molecule has 2 rings (SSSR count). The van der Waals surface area contributed by atoms with Crippen molar-refractivity contribution < 1.29 is 22.3 Å². The van der Waals surface area contributed by atoms with Gasteiger partial charge in [0.1, 0.15) is 17.6 Å². The molecule has 0 saturated carbocycles. The molecular formula is C20H25FN2O4S. The third-order valence-corrected chi connectivity index (χ3v) is 5.65. The summed E-state index contributed by atoms with van der Waals surface area (Å²) in [4.78, 5) is 12.8. The van der Waals surface area contributed by atoms with Gasteiger partial charge in [0.25, 0.3) is 0 Å². The summed E-state index contributed by atoms with van der Waals surface area (Å²) in [5, 5.41) is 2.85. The van der Waals surface area contributed by atoms with Gasteiger partial charge in [0, 0.05) is 0 Å². The number of carbonyl (C=O) groups excluding carboxylic acids is 1. The van der Waals surface area contributed by atoms with Gasteiger partial charge in [0.05, 0.1) is 25.1 Å². The number of nitrogens with zero attached hydrogens (tertiary/aromatic N) is 1. The van der Waals surface area contributed by atoms with E-state index in [0.717, 1.165) is 22.2 Å². The Bertz CT molecular complexity index is 916. The summed E-state index contributed by atoms with van der Waals surface area (Å²) in [7, 11) is -2.32. The fourth-order valence-electron chi connectivity index (χ4n) is 2.96. The number of halogens is 1. The Morgan fingerprint density at radius 3 is 2.29 bits per heavy atom. The van der Waals surface area contributed by atoms with Crippen LogP contribution in [0.1, 0.15) is 31.9 Å². The standard InChI is InChI=1S/C20H25FN2O4S/c1-5-18(15-10-12-16(27-3)13-11-15)22-20(24)14(2)23(28(4,25)26)19-9-7-6-8-17(19)21/h6-14,18H,5H2,1-4H3,(H,22,24)/t14-,18-/m0/s1. The number of hydrogen-bond acceptors (Lipinski definition) is 4. The van der Waals surface area contributed by atoms with Crippen molar-refractivity contribution in [3.8, 4) is 5.75 Å². The molecular weight excluding hydrogens is 383 g/mol. The van der Waals surface area contributed by atoms with Crippen molar-refractivity contribution in [2.24, 2.45) is 0 Å². The molecule has 1 amide bonds. The predicted molar refractivity (Wildman–Crippen MR) is 107 cm³/mol. The van der Waals surface area contributed by atoms with Gasteiger partial charge in [-0.25, -0.2) is 12.8 Å². The van der Waals surface area contributed by atoms with E-state index in [-0.39, 0.29) is 11.7 Å². The fraction of sp³-hybridized carbons (Fsp3) is 0.350. The average Bonchev–Trinajstić information content (AvgIpc) is 2.66. The van der Waals surface area contributed by atoms with E-state index < -0.39 is 27.8 Å². The molecule has 0 saturated heterocycles. The van der Waals surface area contributed by atoms with Crippen molar-refractivity contribution in [2.45, 2.75) is 32.4 Å². The molecule has 2 aromatic carbocycles. The highest BCUT2D eigenvalue weighted by molar-refractivity contribution is 7.92. The van der Waals surface area contributed by atoms with Crippen molar-refractivity contribution in [3.63, 3.8) is 0 Å². The number of rotatable bonds is 8. The minimum absolute atomic E-state index is 0.162. The minimum atomic E-state index is -3.88. The monoisotopic (exact) mass is 408 g/mol. The van der Waals surface area contributed by atoms with Crippen molar-refractivity contribution in [1.82, 2.24) is 5.32 Å². The van der Waals surface area contributed by atoms with Gasteiger partial charge in [-0.3, -0.25) is 9.10 Å². The molecule has 6 nitrogen and oxygen atoms in total. The van der Waals surface area contributed by atoms with Gasteiger partial charge in [0.15, 0.2) is 0 Å². The molecule has 0 aromatic heterocycles. The molecule has 2 aromatic rings. The van der Waals surface area contributed by atoms with Crippen LogP contribution in [0.25, 0.3) is 0 Å². The van der Waals surface area contributed by atoms with Crippen molar-refractivity contribution in [1.29, 1.82) is 0 Å². The number of amides is 1. The van der Waals surface area contributed by atoms with Crippen molar-refractivity contribution in [2.75, 3.05) is 17.7 Å². The lowest BCUT2D eigenvalue weighted by molar-refractivity contribution is -0.122. The van der Waals surface area contributed by atoms with Gasteiger partial charge in [-0.05, 0) is 43.2 Å². The number of carbonyl (C=O) groups is 1. The molecule has 1 N–H and O–H groups in total. The van der Waals surface area contributed by atoms with Crippen LogP contribution >= 0.6 is 0 Å². The molecule has 28 heavy (non-hydrogen) atoms. The Kier molecular flexibility index (Phi) is 7.01. The predicted octanol–water partition coefficient (Wildman–Crippen LogP) is 3.26. The van der Waals surface area contributed by atoms with E-state index in [2.05, 4.69) is 5.32 Å². The van der Waals surface area contributed by atoms with E-state index >= 15 is 0 Å². The second-order valence-electron chi connectivity index (χ2n) is 6.43. The second-order valence-corrected chi connectivity index (χ2v) is 8.29. The molecule has 8 heteroatoms. The maximum Gasteiger partial charge on any atom is 0.244 e. The molecule has 0 spiro atoms. The minimum Gasteiger partial charge on any atom is -0.497 e. The van der Waals surface area contributed by atoms with Gasteiger partial charge in [-0.15, -0.1) is 0 Å². The first-order valence-electron chi connectivity index (χ1n) is 8.87. The van der Waals surface area contributed by atoms with Crippen LogP contribution < -0.4 is 14.4 Å². The fourth-order valence-corrected chi connectivity index (χ4v) is 4.14. The Morgan fingerprint density at radius 2 is 1.79 bits per heavy atom. The molecule has 0 fully saturated rings. The summed E-state index contributed by atoms with van der Waals surface area (Å²) in [6, 6.07) is 11.3. The van der Waals surface area contributed by atoms with Gasteiger partial charge >= 0.3 is 0 Å². The van der Waals surface area contributed by atoms with Crippen molar-refractivity contribution in [3.05, 3.63) is 59.9 Å². The lowest BCUT2D eigenvalue weighted by Crippen LogP contribution is -2.48. The van der Waals surface area contributed by atoms with Crippen molar-refractivity contribution >= 4 is 21.6 Å². The molecule has 0 unspecified atom stereocenters. The van der Waals surface area contributed by atoms with E-state index in [1.807, 2.05) is 19.1 Å². The summed E-state index contributed by atoms with van der Waals surface area (Å²) in [6.07, 6.45) is 1.55. The number of benzene rings is 2. The normalized spacial score (nSPS) is 13.5. The Balaban J connectivity index is 2.27. The number of sulfonamides is 1. The Hall–Kier alpha value is -2.61. The molecule has 0 aliphatic rings. The largest absolute Gasteiger partial charge is 0.497 e. The Labute approximate surface area is 165 Å². The van der Waals surface area contributed by atoms with Crippen LogP contribution in [-0.2, 0) is 14.8 Å². The van der Waals surface area contributed by atoms with Crippen LogP contribution in [0.4, 0.5) is 10.1 Å². The van der Waals surface area contributed by atoms with E-state index in [1.165, 1.54) is 25.1 Å². The molecule has 0 aliphatic heterocycles. The highest BCUT2D eigenvalue weighted by Crippen LogP contribution is 2.25. The third kappa shape index (κ3) is 5.01. The Morgan fingerprint density at radius 1 is 1.18 bits per heavy atom. The van der Waals surface area contributed by atoms with Crippen LogP contribution in [0.15, 0.2) is 48.5 Å². The quantitative estimate of drug-likeness (QED) is 0.728. The summed E-state index contributed by atoms with van der Waals surface area (Å²) in [5.41, 5.74) is 0.700. The van der Waals surface area contributed by atoms with E-state index in [9.17, 15) is 17.6 Å². The van der Waals surface area contributed by atoms with Gasteiger partial charge in [-0.2, -0.15) is 0 Å². The summed E-state index contributed by atoms with van der Waals surface area (Å²) in [6.45, 7) is 3.34. The van der Waals surface area contributed by atoms with Crippen LogP contribution in [0.3, 0.4) is 0 Å². The van der Waals surface area contributed by atoms with Gasteiger partial charge < -0.3 is 10.1 Å². The number of hydrogen-bond donors (Lipinski definition) is 1. The zero-order chi connectivity index (χ0) is 20.9. The molecule has 2 atom stereocenters. The van der Waals surface area contributed by atoms with Crippen LogP contribution in [-0.4, -0.2) is 33.7 Å². The zero-order valence-corrected chi connectivity index (χ0v) is 17.2. The number of para-hydroxylation sites is 1. The topological polar surface area (TPSA) is 75.7 Å².